The van der Waals surface area contributed by atoms with Crippen molar-refractivity contribution < 1.29 is 0 Å². The van der Waals surface area contributed by atoms with Gasteiger partial charge in [-0.05, 0) is 0 Å². The summed E-state index contributed by atoms with van der Waals surface area (Å²) in [5, 5.41) is 0. The molecule has 1 nitrogen and oxygen atoms in total. The summed E-state index contributed by atoms with van der Waals surface area (Å²) in [6, 6.07) is 0. The third kappa shape index (κ3) is 5.57. The fraction of sp³-hybridized carbons (Fsp3) is 1.00. The van der Waals surface area contributed by atoms with E-state index in [4.69, 9.17) is 0 Å². The molecule has 31 valence electrons. The molecule has 1 radical (unpaired) electrons. The molecule has 0 bridgehead atoms. The molecule has 0 atom stereocenters. The van der Waals surface area contributed by atoms with Crippen LogP contribution >= 0.6 is 18.0 Å². The van der Waals surface area contributed by atoms with Gasteiger partial charge in [-0.15, -0.1) is 0 Å². The van der Waals surface area contributed by atoms with Crippen molar-refractivity contribution in [3.63, 3.8) is 0 Å². The molecule has 5 heavy (non-hydrogen) atoms. The van der Waals surface area contributed by atoms with Crippen LogP contribution in [0, 0.1) is 0 Å². The second-order valence-corrected chi connectivity index (χ2v) is 8.41. The van der Waals surface area contributed by atoms with Gasteiger partial charge in [0.1, 0.15) is 0 Å². The Morgan fingerprint density at radius 1 is 1.60 bits per heavy atom. The van der Waals surface area contributed by atoms with Crippen LogP contribution < -0.4 is 0 Å². The fourth-order valence-electron chi connectivity index (χ4n) is 0. The molecule has 0 rings (SSSR count). The van der Waals surface area contributed by atoms with E-state index in [-0.39, 0.29) is 19.3 Å². The van der Waals surface area contributed by atoms with Crippen molar-refractivity contribution in [1.29, 1.82) is 0 Å². The normalized spacial score (nSPS) is 9.60. The first kappa shape index (κ1) is 6.57. The number of hydrogen-bond acceptors (Lipinski definition) is 1. The monoisotopic (exact) mass is 380 g/mol. The van der Waals surface area contributed by atoms with E-state index < -0.39 is 0 Å². The van der Waals surface area contributed by atoms with E-state index in [1.165, 1.54) is 0 Å². The molecule has 0 aliphatic carbocycles. The summed E-state index contributed by atoms with van der Waals surface area (Å²) in [6.07, 6.45) is 0. The van der Waals surface area contributed by atoms with Crippen LogP contribution in [0.2, 0.25) is 0 Å². The van der Waals surface area contributed by atoms with Gasteiger partial charge >= 0.3 is 54.3 Å². The average Bonchev–Trinajstić information content (AvgIpc) is 1.38. The van der Waals surface area contributed by atoms with E-state index in [1.54, 1.807) is 0 Å². The zero-order chi connectivity index (χ0) is 4.28. The summed E-state index contributed by atoms with van der Waals surface area (Å²) in [5.41, 5.74) is 0. The third-order valence-electron chi connectivity index (χ3n) is 0.151. The summed E-state index contributed by atoms with van der Waals surface area (Å²) in [5.74, 6) is 0. The molecule has 0 N–H and O–H groups in total. The Morgan fingerprint density at radius 2 is 1.80 bits per heavy atom. The van der Waals surface area contributed by atoms with Gasteiger partial charge in [-0.3, -0.25) is 0 Å². The van der Waals surface area contributed by atoms with Crippen LogP contribution in [-0.4, -0.2) is 36.3 Å². The molecule has 0 unspecified atom stereocenters. The van der Waals surface area contributed by atoms with Crippen LogP contribution in [0.5, 0.6) is 0 Å². The summed E-state index contributed by atoms with van der Waals surface area (Å²) >= 11 is 2.35. The molecule has 0 aromatic carbocycles. The van der Waals surface area contributed by atoms with E-state index in [2.05, 4.69) is 35.0 Å². The van der Waals surface area contributed by atoms with Crippen LogP contribution in [0.25, 0.3) is 0 Å². The quantitative estimate of drug-likeness (QED) is 0.474. The van der Waals surface area contributed by atoms with Crippen molar-refractivity contribution in [2.75, 3.05) is 14.1 Å². The van der Waals surface area contributed by atoms with Crippen LogP contribution in [0.4, 0.5) is 0 Å². The number of halogens is 1. The van der Waals surface area contributed by atoms with Crippen molar-refractivity contribution >= 4 is 37.4 Å². The van der Waals surface area contributed by atoms with Gasteiger partial charge in [0, 0.05) is 0 Å². The van der Waals surface area contributed by atoms with Gasteiger partial charge < -0.3 is 0 Å². The molecule has 0 amide bonds. The van der Waals surface area contributed by atoms with E-state index in [0.29, 0.717) is 0 Å². The van der Waals surface area contributed by atoms with Crippen molar-refractivity contribution in [3.8, 4) is 0 Å². The van der Waals surface area contributed by atoms with Gasteiger partial charge in [-0.2, -0.15) is 0 Å². The van der Waals surface area contributed by atoms with E-state index in [1.807, 2.05) is 0 Å². The second-order valence-electron chi connectivity index (χ2n) is 0.923. The molecule has 0 heterocycles. The Hall–Kier alpha value is 1.57. The van der Waals surface area contributed by atoms with Crippen molar-refractivity contribution in [1.82, 2.24) is 2.84 Å². The Balaban J connectivity index is 2.54. The maximum absolute atomic E-state index is 2.48. The standard InChI is InChI=1S/C2H6N.Bi.HI/c1-3-2;;/h1-2H3;;1H/q-1;+2;/p-1. The Labute approximate surface area is 53.8 Å². The first-order valence-electron chi connectivity index (χ1n) is 1.26. The van der Waals surface area contributed by atoms with Gasteiger partial charge in [0.15, 0.2) is 0 Å². The molecule has 3 heteroatoms. The number of nitrogens with zero attached hydrogens (tertiary/aromatic N) is 1. The summed E-state index contributed by atoms with van der Waals surface area (Å²) in [4.78, 5) is 0. The fourth-order valence-corrected chi connectivity index (χ4v) is 0. The van der Waals surface area contributed by atoms with Crippen LogP contribution in [-0.2, 0) is 0 Å². The minimum absolute atomic E-state index is 0.135. The molecular weight excluding hydrogens is 374 g/mol. The second kappa shape index (κ2) is 3.75. The van der Waals surface area contributed by atoms with Crippen molar-refractivity contribution in [2.24, 2.45) is 0 Å². The first-order valence-corrected chi connectivity index (χ1v) is 12.6. The van der Waals surface area contributed by atoms with Crippen LogP contribution in [0.3, 0.4) is 0 Å². The van der Waals surface area contributed by atoms with Crippen LogP contribution in [0.1, 0.15) is 0 Å². The minimum atomic E-state index is -0.135. The SMILES string of the molecule is C[N](C)[Bi][I]. The predicted molar refractivity (Wildman–Crippen MR) is 33.5 cm³/mol. The zero-order valence-corrected chi connectivity index (χ0v) is 8.91. The molecule has 0 spiro atoms. The zero-order valence-electron chi connectivity index (χ0n) is 3.27. The van der Waals surface area contributed by atoms with Crippen molar-refractivity contribution in [3.05, 3.63) is 0 Å². The molecule has 0 fully saturated rings. The Bertz CT molecular complexity index is 23.6. The topological polar surface area (TPSA) is 3.24 Å². The number of rotatable bonds is 1. The molecule has 0 aromatic rings. The molecule has 0 aliphatic rings. The Morgan fingerprint density at radius 3 is 1.80 bits per heavy atom. The van der Waals surface area contributed by atoms with Gasteiger partial charge in [-0.25, -0.2) is 0 Å². The molecule has 0 saturated carbocycles. The number of hydrogen-bond donors (Lipinski definition) is 0. The molecular formula is C2H6BiIN. The third-order valence-corrected chi connectivity index (χ3v) is 8.90. The summed E-state index contributed by atoms with van der Waals surface area (Å²) in [6.45, 7) is 0. The van der Waals surface area contributed by atoms with Gasteiger partial charge in [0.05, 0.1) is 0 Å². The van der Waals surface area contributed by atoms with E-state index >= 15 is 0 Å². The summed E-state index contributed by atoms with van der Waals surface area (Å²) in [7, 11) is 4.26. The molecule has 0 aromatic heterocycles. The average molecular weight is 380 g/mol. The first-order chi connectivity index (χ1) is 2.27. The molecule has 0 saturated heterocycles. The van der Waals surface area contributed by atoms with E-state index in [9.17, 15) is 0 Å². The maximum atomic E-state index is 2.48. The van der Waals surface area contributed by atoms with Gasteiger partial charge in [0.2, 0.25) is 0 Å². The summed E-state index contributed by atoms with van der Waals surface area (Å²) < 4.78 is 2.29. The predicted octanol–water partition coefficient (Wildman–Crippen LogP) is 0.517. The molecule has 0 aliphatic heterocycles. The van der Waals surface area contributed by atoms with Gasteiger partial charge in [-0.1, -0.05) is 0 Å². The van der Waals surface area contributed by atoms with Crippen molar-refractivity contribution in [2.45, 2.75) is 0 Å². The Kier molecular flexibility index (Phi) is 4.93. The van der Waals surface area contributed by atoms with Gasteiger partial charge in [0.25, 0.3) is 0 Å². The van der Waals surface area contributed by atoms with E-state index in [0.717, 1.165) is 0 Å². The van der Waals surface area contributed by atoms with Crippen LogP contribution in [0.15, 0.2) is 0 Å².